The molecule has 0 unspecified atom stereocenters. The van der Waals surface area contributed by atoms with E-state index in [0.29, 0.717) is 11.3 Å². The highest BCUT2D eigenvalue weighted by Gasteiger charge is 2.14. The smallest absolute Gasteiger partial charge is 0.257 e. The Labute approximate surface area is 114 Å². The second-order valence-electron chi connectivity index (χ2n) is 3.95. The third-order valence-corrected chi connectivity index (χ3v) is 2.65. The fraction of sp³-hybridized carbons (Fsp3) is 0. The van der Waals surface area contributed by atoms with Gasteiger partial charge in [0.05, 0.1) is 22.9 Å². The quantitative estimate of drug-likeness (QED) is 0.589. The minimum Gasteiger partial charge on any atom is -0.322 e. The third-order valence-electron chi connectivity index (χ3n) is 2.65. The number of carbonyl (C=O) groups is 1. The van der Waals surface area contributed by atoms with Crippen LogP contribution in [0.25, 0.3) is 0 Å². The molecule has 100 valence electrons. The molecular formula is C14H11FN4O. The van der Waals surface area contributed by atoms with Crippen molar-refractivity contribution in [2.24, 2.45) is 5.84 Å². The number of benzene rings is 2. The van der Waals surface area contributed by atoms with Gasteiger partial charge in [0.15, 0.2) is 0 Å². The van der Waals surface area contributed by atoms with Crippen molar-refractivity contribution in [3.63, 3.8) is 0 Å². The first-order valence-corrected chi connectivity index (χ1v) is 5.72. The molecule has 5 nitrogen and oxygen atoms in total. The third kappa shape index (κ3) is 2.74. The number of anilines is 2. The summed E-state index contributed by atoms with van der Waals surface area (Å²) in [6.45, 7) is 0. The minimum absolute atomic E-state index is 0.0786. The average molecular weight is 270 g/mol. The summed E-state index contributed by atoms with van der Waals surface area (Å²) in [5.41, 5.74) is 3.02. The van der Waals surface area contributed by atoms with Crippen molar-refractivity contribution in [3.8, 4) is 6.07 Å². The van der Waals surface area contributed by atoms with Crippen molar-refractivity contribution in [2.45, 2.75) is 0 Å². The van der Waals surface area contributed by atoms with Gasteiger partial charge in [-0.25, -0.2) is 4.39 Å². The van der Waals surface area contributed by atoms with E-state index in [1.807, 2.05) is 6.07 Å². The van der Waals surface area contributed by atoms with E-state index >= 15 is 0 Å². The Balaban J connectivity index is 2.29. The number of carbonyl (C=O) groups excluding carboxylic acids is 1. The zero-order chi connectivity index (χ0) is 14.5. The van der Waals surface area contributed by atoms with Crippen LogP contribution in [0.2, 0.25) is 0 Å². The monoisotopic (exact) mass is 270 g/mol. The molecule has 6 heteroatoms. The molecule has 1 amide bonds. The predicted octanol–water partition coefficient (Wildman–Crippen LogP) is 2.24. The maximum Gasteiger partial charge on any atom is 0.257 e. The van der Waals surface area contributed by atoms with E-state index in [1.54, 1.807) is 18.2 Å². The molecule has 0 atom stereocenters. The zero-order valence-electron chi connectivity index (χ0n) is 10.4. The standard InChI is InChI=1S/C14H11FN4O/c15-12-6-2-5-11(13(12)19-17)14(20)18-10-4-1-3-9(7-10)8-16/h1-7,19H,17H2,(H,18,20). The summed E-state index contributed by atoms with van der Waals surface area (Å²) in [6, 6.07) is 12.4. The van der Waals surface area contributed by atoms with Crippen LogP contribution in [0, 0.1) is 17.1 Å². The van der Waals surface area contributed by atoms with Crippen LogP contribution in [-0.4, -0.2) is 5.91 Å². The molecule has 20 heavy (non-hydrogen) atoms. The van der Waals surface area contributed by atoms with Gasteiger partial charge in [-0.1, -0.05) is 12.1 Å². The lowest BCUT2D eigenvalue weighted by Gasteiger charge is -2.10. The summed E-state index contributed by atoms with van der Waals surface area (Å²) in [7, 11) is 0. The van der Waals surface area contributed by atoms with Crippen LogP contribution >= 0.6 is 0 Å². The minimum atomic E-state index is -0.620. The molecule has 0 radical (unpaired) electrons. The Morgan fingerprint density at radius 2 is 2.00 bits per heavy atom. The highest BCUT2D eigenvalue weighted by molar-refractivity contribution is 6.08. The van der Waals surface area contributed by atoms with E-state index in [-0.39, 0.29) is 11.3 Å². The molecule has 0 aliphatic heterocycles. The Morgan fingerprint density at radius 3 is 2.70 bits per heavy atom. The molecule has 0 bridgehead atoms. The molecule has 2 aromatic carbocycles. The van der Waals surface area contributed by atoms with Gasteiger partial charge in [0, 0.05) is 5.69 Å². The van der Waals surface area contributed by atoms with Crippen LogP contribution in [0.15, 0.2) is 42.5 Å². The molecule has 0 spiro atoms. The number of hydrazine groups is 1. The molecule has 0 fully saturated rings. The molecule has 2 aromatic rings. The normalized spacial score (nSPS) is 9.65. The average Bonchev–Trinajstić information content (AvgIpc) is 2.47. The number of nitrogen functional groups attached to an aromatic ring is 1. The topological polar surface area (TPSA) is 90.9 Å². The summed E-state index contributed by atoms with van der Waals surface area (Å²) in [6.07, 6.45) is 0. The van der Waals surface area contributed by atoms with E-state index in [2.05, 4.69) is 10.7 Å². The van der Waals surface area contributed by atoms with Crippen molar-refractivity contribution >= 4 is 17.3 Å². The van der Waals surface area contributed by atoms with Crippen LogP contribution in [0.3, 0.4) is 0 Å². The van der Waals surface area contributed by atoms with Gasteiger partial charge in [-0.3, -0.25) is 10.6 Å². The summed E-state index contributed by atoms with van der Waals surface area (Å²) in [5, 5.41) is 11.4. The van der Waals surface area contributed by atoms with Crippen molar-refractivity contribution in [1.29, 1.82) is 5.26 Å². The SMILES string of the molecule is N#Cc1cccc(NC(=O)c2cccc(F)c2NN)c1. The lowest BCUT2D eigenvalue weighted by atomic mass is 10.1. The van der Waals surface area contributed by atoms with E-state index < -0.39 is 11.7 Å². The van der Waals surface area contributed by atoms with Crippen molar-refractivity contribution in [3.05, 3.63) is 59.4 Å². The first-order valence-electron chi connectivity index (χ1n) is 5.72. The maximum absolute atomic E-state index is 13.5. The van der Waals surface area contributed by atoms with Gasteiger partial charge < -0.3 is 10.7 Å². The zero-order valence-corrected chi connectivity index (χ0v) is 10.4. The van der Waals surface area contributed by atoms with Gasteiger partial charge in [0.2, 0.25) is 0 Å². The summed E-state index contributed by atoms with van der Waals surface area (Å²) < 4.78 is 13.5. The maximum atomic E-state index is 13.5. The molecule has 0 aliphatic carbocycles. The van der Waals surface area contributed by atoms with Gasteiger partial charge in [-0.05, 0) is 30.3 Å². The largest absolute Gasteiger partial charge is 0.322 e. The Kier molecular flexibility index (Phi) is 3.93. The molecule has 0 aliphatic rings. The van der Waals surface area contributed by atoms with Crippen molar-refractivity contribution in [1.82, 2.24) is 0 Å². The highest BCUT2D eigenvalue weighted by atomic mass is 19.1. The number of rotatable bonds is 3. The van der Waals surface area contributed by atoms with Crippen molar-refractivity contribution < 1.29 is 9.18 Å². The second-order valence-corrected chi connectivity index (χ2v) is 3.95. The Hall–Kier alpha value is -2.91. The van der Waals surface area contributed by atoms with Gasteiger partial charge in [-0.2, -0.15) is 5.26 Å². The Bertz CT molecular complexity index is 694. The van der Waals surface area contributed by atoms with Gasteiger partial charge >= 0.3 is 0 Å². The summed E-state index contributed by atoms with van der Waals surface area (Å²) >= 11 is 0. The van der Waals surface area contributed by atoms with Crippen LogP contribution < -0.4 is 16.6 Å². The van der Waals surface area contributed by atoms with Gasteiger partial charge in [-0.15, -0.1) is 0 Å². The number of amides is 1. The number of nitrogens with one attached hydrogen (secondary N) is 2. The molecule has 0 saturated heterocycles. The first kappa shape index (κ1) is 13.5. The van der Waals surface area contributed by atoms with E-state index in [1.165, 1.54) is 24.3 Å². The number of para-hydroxylation sites is 1. The van der Waals surface area contributed by atoms with E-state index in [0.717, 1.165) is 0 Å². The first-order chi connectivity index (χ1) is 9.65. The van der Waals surface area contributed by atoms with Gasteiger partial charge in [0.1, 0.15) is 5.82 Å². The summed E-state index contributed by atoms with van der Waals surface area (Å²) in [4.78, 5) is 12.1. The number of hydrogen-bond donors (Lipinski definition) is 3. The number of nitrogens with two attached hydrogens (primary N) is 1. The fourth-order valence-corrected chi connectivity index (χ4v) is 1.72. The molecule has 0 heterocycles. The fourth-order valence-electron chi connectivity index (χ4n) is 1.72. The number of halogens is 1. The molecular weight excluding hydrogens is 259 g/mol. The van der Waals surface area contributed by atoms with Crippen LogP contribution in [0.1, 0.15) is 15.9 Å². The predicted molar refractivity (Wildman–Crippen MR) is 73.3 cm³/mol. The number of nitriles is 1. The van der Waals surface area contributed by atoms with E-state index in [9.17, 15) is 9.18 Å². The molecule has 0 aromatic heterocycles. The molecule has 4 N–H and O–H groups in total. The lowest BCUT2D eigenvalue weighted by Crippen LogP contribution is -2.18. The van der Waals surface area contributed by atoms with Crippen molar-refractivity contribution in [2.75, 3.05) is 10.7 Å². The Morgan fingerprint density at radius 1 is 1.25 bits per heavy atom. The van der Waals surface area contributed by atoms with Crippen LogP contribution in [0.5, 0.6) is 0 Å². The van der Waals surface area contributed by atoms with Crippen LogP contribution in [0.4, 0.5) is 15.8 Å². The molecule has 2 rings (SSSR count). The summed E-state index contributed by atoms with van der Waals surface area (Å²) in [5.74, 6) is 4.07. The second kappa shape index (κ2) is 5.82. The highest BCUT2D eigenvalue weighted by Crippen LogP contribution is 2.20. The number of hydrogen-bond acceptors (Lipinski definition) is 4. The van der Waals surface area contributed by atoms with Gasteiger partial charge in [0.25, 0.3) is 5.91 Å². The lowest BCUT2D eigenvalue weighted by molar-refractivity contribution is 0.102. The van der Waals surface area contributed by atoms with Crippen LogP contribution in [-0.2, 0) is 0 Å². The number of nitrogens with zero attached hydrogens (tertiary/aromatic N) is 1. The molecule has 0 saturated carbocycles. The van der Waals surface area contributed by atoms with E-state index in [4.69, 9.17) is 11.1 Å².